The normalized spacial score (nSPS) is 10.5. The van der Waals surface area contributed by atoms with Gasteiger partial charge in [-0.3, -0.25) is 4.79 Å². The van der Waals surface area contributed by atoms with Crippen molar-refractivity contribution in [3.8, 4) is 0 Å². The first kappa shape index (κ1) is 14.0. The average molecular weight is 376 g/mol. The Hall–Kier alpha value is -1.37. The third kappa shape index (κ3) is 3.34. The Labute approximate surface area is 121 Å². The molecule has 0 amide bonds. The molecule has 19 heavy (non-hydrogen) atoms. The molecule has 0 aliphatic rings. The van der Waals surface area contributed by atoms with Gasteiger partial charge < -0.3 is 0 Å². The van der Waals surface area contributed by atoms with Crippen LogP contribution in [0.25, 0.3) is 0 Å². The molecule has 0 saturated carbocycles. The third-order valence-electron chi connectivity index (χ3n) is 2.56. The molecule has 0 aliphatic heterocycles. The predicted octanol–water partition coefficient (Wildman–Crippen LogP) is 4.13. The minimum atomic E-state index is -1.17. The van der Waals surface area contributed by atoms with E-state index in [4.69, 9.17) is 0 Å². The van der Waals surface area contributed by atoms with Crippen LogP contribution in [0.2, 0.25) is 0 Å². The van der Waals surface area contributed by atoms with E-state index in [1.807, 2.05) is 0 Å². The van der Waals surface area contributed by atoms with Crippen molar-refractivity contribution in [2.45, 2.75) is 6.42 Å². The van der Waals surface area contributed by atoms with Crippen molar-refractivity contribution in [1.82, 2.24) is 0 Å². The summed E-state index contributed by atoms with van der Waals surface area (Å²) in [5.74, 6) is -4.10. The smallest absolute Gasteiger partial charge is 0.173 e. The van der Waals surface area contributed by atoms with Crippen LogP contribution >= 0.6 is 22.6 Å². The molecule has 0 bridgehead atoms. The summed E-state index contributed by atoms with van der Waals surface area (Å²) in [5, 5.41) is 0. The van der Waals surface area contributed by atoms with Gasteiger partial charge in [-0.25, -0.2) is 13.2 Å². The molecule has 2 rings (SSSR count). The SMILES string of the molecule is O=C(Cc1ccc(I)cc1)c1c(F)cc(F)cc1F. The fourth-order valence-corrected chi connectivity index (χ4v) is 2.04. The van der Waals surface area contributed by atoms with Gasteiger partial charge in [-0.1, -0.05) is 12.1 Å². The Morgan fingerprint density at radius 1 is 1.00 bits per heavy atom. The highest BCUT2D eigenvalue weighted by atomic mass is 127. The van der Waals surface area contributed by atoms with E-state index in [0.717, 1.165) is 3.57 Å². The van der Waals surface area contributed by atoms with Crippen molar-refractivity contribution in [3.05, 3.63) is 68.5 Å². The molecule has 0 N–H and O–H groups in total. The Kier molecular flexibility index (Phi) is 4.24. The van der Waals surface area contributed by atoms with E-state index in [1.54, 1.807) is 24.3 Å². The second kappa shape index (κ2) is 5.73. The molecule has 0 spiro atoms. The molecule has 0 radical (unpaired) electrons. The molecule has 0 atom stereocenters. The maximum Gasteiger partial charge on any atom is 0.173 e. The third-order valence-corrected chi connectivity index (χ3v) is 3.28. The van der Waals surface area contributed by atoms with Crippen LogP contribution in [0.3, 0.4) is 0 Å². The molecule has 0 unspecified atom stereocenters. The highest BCUT2D eigenvalue weighted by molar-refractivity contribution is 14.1. The summed E-state index contributed by atoms with van der Waals surface area (Å²) in [7, 11) is 0. The molecule has 0 aliphatic carbocycles. The highest BCUT2D eigenvalue weighted by Crippen LogP contribution is 2.17. The molecular formula is C14H8F3IO. The standard InChI is InChI=1S/C14H8F3IO/c15-9-6-11(16)14(12(17)7-9)13(19)5-8-1-3-10(18)4-2-8/h1-4,6-7H,5H2. The molecule has 1 nitrogen and oxygen atoms in total. The summed E-state index contributed by atoms with van der Waals surface area (Å²) in [6.07, 6.45) is -0.129. The van der Waals surface area contributed by atoms with E-state index in [0.29, 0.717) is 17.7 Å². The number of rotatable bonds is 3. The molecule has 2 aromatic carbocycles. The van der Waals surface area contributed by atoms with E-state index in [1.165, 1.54) is 0 Å². The van der Waals surface area contributed by atoms with Crippen molar-refractivity contribution >= 4 is 28.4 Å². The van der Waals surface area contributed by atoms with E-state index in [-0.39, 0.29) is 6.42 Å². The molecule has 0 saturated heterocycles. The molecule has 98 valence electrons. The van der Waals surface area contributed by atoms with Crippen LogP contribution < -0.4 is 0 Å². The lowest BCUT2D eigenvalue weighted by atomic mass is 10.0. The molecule has 0 aromatic heterocycles. The Bertz CT molecular complexity index is 600. The van der Waals surface area contributed by atoms with Gasteiger partial charge >= 0.3 is 0 Å². The molecule has 5 heteroatoms. The summed E-state index contributed by atoms with van der Waals surface area (Å²) in [6.45, 7) is 0. The molecule has 2 aromatic rings. The van der Waals surface area contributed by atoms with Crippen molar-refractivity contribution in [1.29, 1.82) is 0 Å². The monoisotopic (exact) mass is 376 g/mol. The number of hydrogen-bond acceptors (Lipinski definition) is 1. The number of carbonyl (C=O) groups is 1. The molecular weight excluding hydrogens is 368 g/mol. The van der Waals surface area contributed by atoms with Crippen LogP contribution in [-0.4, -0.2) is 5.78 Å². The summed E-state index contributed by atoms with van der Waals surface area (Å²) < 4.78 is 40.6. The van der Waals surface area contributed by atoms with Crippen molar-refractivity contribution < 1.29 is 18.0 Å². The summed E-state index contributed by atoms with van der Waals surface area (Å²) in [5.41, 5.74) is -0.0477. The van der Waals surface area contributed by atoms with E-state index < -0.39 is 28.8 Å². The van der Waals surface area contributed by atoms with Crippen molar-refractivity contribution in [2.24, 2.45) is 0 Å². The quantitative estimate of drug-likeness (QED) is 0.582. The van der Waals surface area contributed by atoms with Crippen molar-refractivity contribution in [3.63, 3.8) is 0 Å². The van der Waals surface area contributed by atoms with Gasteiger partial charge in [0.05, 0.1) is 5.56 Å². The van der Waals surface area contributed by atoms with Gasteiger partial charge in [-0.05, 0) is 40.3 Å². The highest BCUT2D eigenvalue weighted by Gasteiger charge is 2.19. The number of halogens is 4. The van der Waals surface area contributed by atoms with Gasteiger partial charge in [0.15, 0.2) is 5.78 Å². The number of hydrogen-bond donors (Lipinski definition) is 0. The van der Waals surface area contributed by atoms with Crippen LogP contribution in [0.5, 0.6) is 0 Å². The lowest BCUT2D eigenvalue weighted by Gasteiger charge is -2.05. The minimum Gasteiger partial charge on any atom is -0.294 e. The number of Topliss-reactive ketones (excluding diaryl/α,β-unsaturated/α-hetero) is 1. The number of benzene rings is 2. The maximum absolute atomic E-state index is 13.4. The molecule has 0 fully saturated rings. The Morgan fingerprint density at radius 3 is 2.05 bits per heavy atom. The number of carbonyl (C=O) groups excluding carboxylic acids is 1. The lowest BCUT2D eigenvalue weighted by Crippen LogP contribution is -2.09. The largest absolute Gasteiger partial charge is 0.294 e. The van der Waals surface area contributed by atoms with Crippen LogP contribution in [0.1, 0.15) is 15.9 Å². The Balaban J connectivity index is 2.28. The maximum atomic E-state index is 13.4. The van der Waals surface area contributed by atoms with Gasteiger partial charge in [0.2, 0.25) is 0 Å². The van der Waals surface area contributed by atoms with Gasteiger partial charge in [-0.15, -0.1) is 0 Å². The van der Waals surface area contributed by atoms with Gasteiger partial charge in [0.25, 0.3) is 0 Å². The second-order valence-corrected chi connectivity index (χ2v) is 5.22. The zero-order chi connectivity index (χ0) is 14.0. The zero-order valence-corrected chi connectivity index (χ0v) is 11.7. The van der Waals surface area contributed by atoms with Crippen molar-refractivity contribution in [2.75, 3.05) is 0 Å². The predicted molar refractivity (Wildman–Crippen MR) is 73.5 cm³/mol. The average Bonchev–Trinajstić information content (AvgIpc) is 2.30. The van der Waals surface area contributed by atoms with E-state index in [2.05, 4.69) is 22.6 Å². The lowest BCUT2D eigenvalue weighted by molar-refractivity contribution is 0.0984. The topological polar surface area (TPSA) is 17.1 Å². The molecule has 0 heterocycles. The summed E-state index contributed by atoms with van der Waals surface area (Å²) >= 11 is 2.11. The fraction of sp³-hybridized carbons (Fsp3) is 0.0714. The summed E-state index contributed by atoms with van der Waals surface area (Å²) in [6, 6.07) is 8.01. The zero-order valence-electron chi connectivity index (χ0n) is 9.59. The van der Waals surface area contributed by atoms with Crippen LogP contribution in [-0.2, 0) is 6.42 Å². The van der Waals surface area contributed by atoms with Gasteiger partial charge in [-0.2, -0.15) is 0 Å². The first-order valence-electron chi connectivity index (χ1n) is 5.39. The van der Waals surface area contributed by atoms with E-state index >= 15 is 0 Å². The van der Waals surface area contributed by atoms with Gasteiger partial charge in [0, 0.05) is 22.1 Å². The minimum absolute atomic E-state index is 0.129. The Morgan fingerprint density at radius 2 is 1.53 bits per heavy atom. The van der Waals surface area contributed by atoms with Crippen LogP contribution in [0.4, 0.5) is 13.2 Å². The number of ketones is 1. The summed E-state index contributed by atoms with van der Waals surface area (Å²) in [4.78, 5) is 11.8. The fourth-order valence-electron chi connectivity index (χ4n) is 1.68. The second-order valence-electron chi connectivity index (χ2n) is 3.97. The van der Waals surface area contributed by atoms with Gasteiger partial charge in [0.1, 0.15) is 17.5 Å². The first-order valence-corrected chi connectivity index (χ1v) is 6.47. The van der Waals surface area contributed by atoms with Crippen LogP contribution in [0.15, 0.2) is 36.4 Å². The first-order chi connectivity index (χ1) is 8.97. The van der Waals surface area contributed by atoms with E-state index in [9.17, 15) is 18.0 Å². The van der Waals surface area contributed by atoms with Crippen LogP contribution in [0, 0.1) is 21.0 Å².